The molecule has 3 atom stereocenters. The fourth-order valence-electron chi connectivity index (χ4n) is 4.93. The Hall–Kier alpha value is -3.02. The van der Waals surface area contributed by atoms with Gasteiger partial charge in [0, 0.05) is 31.7 Å². The summed E-state index contributed by atoms with van der Waals surface area (Å²) >= 11 is 0. The first-order valence-electron chi connectivity index (χ1n) is 12.8. The Morgan fingerprint density at radius 3 is 2.54 bits per heavy atom. The molecule has 0 aliphatic carbocycles. The number of benzene rings is 2. The number of carbonyl (C=O) groups is 2. The van der Waals surface area contributed by atoms with Gasteiger partial charge in [0.2, 0.25) is 11.8 Å². The molecule has 2 amide bonds. The molecule has 0 spiro atoms. The summed E-state index contributed by atoms with van der Waals surface area (Å²) in [6.45, 7) is 12.8. The first kappa shape index (κ1) is 26.6. The lowest BCUT2D eigenvalue weighted by Crippen LogP contribution is -2.48. The second kappa shape index (κ2) is 11.6. The van der Waals surface area contributed by atoms with E-state index in [1.54, 1.807) is 6.07 Å². The van der Waals surface area contributed by atoms with Gasteiger partial charge in [-0.25, -0.2) is 0 Å². The molecular formula is C29H41N3O3. The number of nitrogens with one attached hydrogen (secondary N) is 2. The number of hydrogen-bond acceptors (Lipinski definition) is 4. The van der Waals surface area contributed by atoms with Gasteiger partial charge in [-0.3, -0.25) is 9.59 Å². The number of rotatable bonds is 9. The van der Waals surface area contributed by atoms with Crippen molar-refractivity contribution in [1.29, 1.82) is 0 Å². The molecule has 0 aromatic heterocycles. The lowest BCUT2D eigenvalue weighted by molar-refractivity contribution is -0.123. The number of aromatic hydroxyl groups is 1. The predicted octanol–water partition coefficient (Wildman–Crippen LogP) is 4.93. The lowest BCUT2D eigenvalue weighted by Gasteiger charge is -2.46. The number of phenolic OH excluding ortho intramolecular Hbond substituents is 1. The third-order valence-corrected chi connectivity index (χ3v) is 7.39. The Labute approximate surface area is 210 Å². The van der Waals surface area contributed by atoms with Crippen molar-refractivity contribution < 1.29 is 14.7 Å². The second-order valence-electron chi connectivity index (χ2n) is 10.5. The van der Waals surface area contributed by atoms with Crippen LogP contribution in [0, 0.1) is 11.8 Å². The minimum atomic E-state index is -0.388. The van der Waals surface area contributed by atoms with Crippen molar-refractivity contribution in [2.45, 2.75) is 65.3 Å². The van der Waals surface area contributed by atoms with E-state index < -0.39 is 0 Å². The molecule has 1 aliphatic rings. The standard InChI is InChI=1S/C29H41N3O3/c1-6-27(34)31-25(17-28(35)30-18-20(2)3)24-12-7-8-13-26(24)32-15-14-29(5,21(4)19-32)22-10-9-11-23(33)16-22/h7-13,16,20-21,25,33H,6,14-15,17-19H2,1-5H3,(H,30,35)(H,31,34). The average molecular weight is 480 g/mol. The Bertz CT molecular complexity index is 1020. The third kappa shape index (κ3) is 6.56. The van der Waals surface area contributed by atoms with Gasteiger partial charge in [0.1, 0.15) is 5.75 Å². The van der Waals surface area contributed by atoms with E-state index in [1.165, 1.54) is 0 Å². The maximum atomic E-state index is 12.7. The van der Waals surface area contributed by atoms with E-state index in [1.807, 2.05) is 37.3 Å². The van der Waals surface area contributed by atoms with Crippen LogP contribution in [0.15, 0.2) is 48.5 Å². The van der Waals surface area contributed by atoms with Gasteiger partial charge in [0.05, 0.1) is 12.5 Å². The quantitative estimate of drug-likeness (QED) is 0.477. The molecule has 0 radical (unpaired) electrons. The molecule has 0 bridgehead atoms. The SMILES string of the molecule is CCC(=O)NC(CC(=O)NCC(C)C)c1ccccc1N1CCC(C)(c2cccc(O)c2)C(C)C1. The summed E-state index contributed by atoms with van der Waals surface area (Å²) in [4.78, 5) is 27.5. The van der Waals surface area contributed by atoms with Crippen LogP contribution in [0.25, 0.3) is 0 Å². The third-order valence-electron chi connectivity index (χ3n) is 7.39. The summed E-state index contributed by atoms with van der Waals surface area (Å²) in [7, 11) is 0. The molecule has 6 nitrogen and oxygen atoms in total. The van der Waals surface area contributed by atoms with Gasteiger partial charge in [-0.2, -0.15) is 0 Å². The van der Waals surface area contributed by atoms with Gasteiger partial charge in [-0.05, 0) is 53.0 Å². The number of carbonyl (C=O) groups excluding carboxylic acids is 2. The number of phenols is 1. The fraction of sp³-hybridized carbons (Fsp3) is 0.517. The monoisotopic (exact) mass is 479 g/mol. The Morgan fingerprint density at radius 2 is 1.89 bits per heavy atom. The van der Waals surface area contributed by atoms with E-state index in [-0.39, 0.29) is 29.7 Å². The molecule has 2 aromatic rings. The van der Waals surface area contributed by atoms with Crippen molar-refractivity contribution in [3.63, 3.8) is 0 Å². The predicted molar refractivity (Wildman–Crippen MR) is 142 cm³/mol. The summed E-state index contributed by atoms with van der Waals surface area (Å²) in [5, 5.41) is 16.1. The molecule has 35 heavy (non-hydrogen) atoms. The number of para-hydroxylation sites is 1. The maximum absolute atomic E-state index is 12.7. The zero-order valence-electron chi connectivity index (χ0n) is 21.8. The largest absolute Gasteiger partial charge is 0.508 e. The van der Waals surface area contributed by atoms with Crippen molar-refractivity contribution in [1.82, 2.24) is 10.6 Å². The van der Waals surface area contributed by atoms with Crippen LogP contribution in [0.4, 0.5) is 5.69 Å². The minimum Gasteiger partial charge on any atom is -0.508 e. The summed E-state index contributed by atoms with van der Waals surface area (Å²) in [5.41, 5.74) is 3.15. The summed E-state index contributed by atoms with van der Waals surface area (Å²) < 4.78 is 0. The summed E-state index contributed by atoms with van der Waals surface area (Å²) in [6, 6.07) is 15.3. The number of piperidine rings is 1. The molecule has 1 fully saturated rings. The van der Waals surface area contributed by atoms with Gasteiger partial charge in [-0.15, -0.1) is 0 Å². The van der Waals surface area contributed by atoms with Crippen LogP contribution in [0.5, 0.6) is 5.75 Å². The molecule has 1 aliphatic heterocycles. The molecule has 3 unspecified atom stereocenters. The van der Waals surface area contributed by atoms with Crippen molar-refractivity contribution in [2.24, 2.45) is 11.8 Å². The second-order valence-corrected chi connectivity index (χ2v) is 10.5. The number of nitrogens with zero attached hydrogens (tertiary/aromatic N) is 1. The van der Waals surface area contributed by atoms with Crippen molar-refractivity contribution in [3.8, 4) is 5.75 Å². The molecule has 3 N–H and O–H groups in total. The van der Waals surface area contributed by atoms with Crippen LogP contribution in [0.3, 0.4) is 0 Å². The zero-order valence-corrected chi connectivity index (χ0v) is 21.8. The van der Waals surface area contributed by atoms with Crippen LogP contribution >= 0.6 is 0 Å². The number of anilines is 1. The van der Waals surface area contributed by atoms with Crippen LogP contribution in [-0.2, 0) is 15.0 Å². The highest BCUT2D eigenvalue weighted by molar-refractivity contribution is 5.80. The highest BCUT2D eigenvalue weighted by Gasteiger charge is 2.39. The van der Waals surface area contributed by atoms with Crippen molar-refractivity contribution in [2.75, 3.05) is 24.5 Å². The minimum absolute atomic E-state index is 0.0449. The maximum Gasteiger partial charge on any atom is 0.222 e. The highest BCUT2D eigenvalue weighted by atomic mass is 16.3. The Morgan fingerprint density at radius 1 is 1.14 bits per heavy atom. The molecule has 6 heteroatoms. The Balaban J connectivity index is 1.84. The fourth-order valence-corrected chi connectivity index (χ4v) is 4.93. The molecule has 1 heterocycles. The van der Waals surface area contributed by atoms with Gasteiger partial charge in [-0.1, -0.05) is 65.0 Å². The summed E-state index contributed by atoms with van der Waals surface area (Å²) in [6.07, 6.45) is 1.52. The van der Waals surface area contributed by atoms with Crippen molar-refractivity contribution in [3.05, 3.63) is 59.7 Å². The highest BCUT2D eigenvalue weighted by Crippen LogP contribution is 2.42. The van der Waals surface area contributed by atoms with E-state index in [2.05, 4.69) is 55.4 Å². The molecule has 0 saturated carbocycles. The molecule has 1 saturated heterocycles. The molecular weight excluding hydrogens is 438 g/mol. The van der Waals surface area contributed by atoms with Crippen molar-refractivity contribution >= 4 is 17.5 Å². The smallest absolute Gasteiger partial charge is 0.222 e. The number of amides is 2. The van der Waals surface area contributed by atoms with E-state index in [9.17, 15) is 14.7 Å². The Kier molecular flexibility index (Phi) is 8.82. The van der Waals surface area contributed by atoms with Gasteiger partial charge < -0.3 is 20.6 Å². The molecule has 190 valence electrons. The average Bonchev–Trinajstić information content (AvgIpc) is 2.84. The first-order chi connectivity index (χ1) is 16.6. The normalized spacial score (nSPS) is 21.0. The van der Waals surface area contributed by atoms with E-state index in [4.69, 9.17) is 0 Å². The van der Waals surface area contributed by atoms with Crippen LogP contribution in [-0.4, -0.2) is 36.6 Å². The van der Waals surface area contributed by atoms with E-state index >= 15 is 0 Å². The van der Waals surface area contributed by atoms with Crippen LogP contribution in [0.2, 0.25) is 0 Å². The topological polar surface area (TPSA) is 81.7 Å². The van der Waals surface area contributed by atoms with E-state index in [0.717, 1.165) is 36.3 Å². The van der Waals surface area contributed by atoms with E-state index in [0.29, 0.717) is 30.6 Å². The van der Waals surface area contributed by atoms with Gasteiger partial charge in [0.15, 0.2) is 0 Å². The molecule has 2 aromatic carbocycles. The lowest BCUT2D eigenvalue weighted by atomic mass is 9.68. The van der Waals surface area contributed by atoms with Gasteiger partial charge in [0.25, 0.3) is 0 Å². The molecule has 3 rings (SSSR count). The summed E-state index contributed by atoms with van der Waals surface area (Å²) in [5.74, 6) is 0.881. The zero-order chi connectivity index (χ0) is 25.6. The van der Waals surface area contributed by atoms with Crippen LogP contribution in [0.1, 0.15) is 71.0 Å². The first-order valence-corrected chi connectivity index (χ1v) is 12.8. The van der Waals surface area contributed by atoms with Crippen LogP contribution < -0.4 is 15.5 Å². The number of hydrogen-bond donors (Lipinski definition) is 3. The van der Waals surface area contributed by atoms with Gasteiger partial charge >= 0.3 is 0 Å².